The van der Waals surface area contributed by atoms with Crippen LogP contribution in [-0.4, -0.2) is 25.7 Å². The van der Waals surface area contributed by atoms with Crippen molar-refractivity contribution in [2.24, 2.45) is 0 Å². The predicted octanol–water partition coefficient (Wildman–Crippen LogP) is 1.29. The summed E-state index contributed by atoms with van der Waals surface area (Å²) in [6.45, 7) is 9.15. The summed E-state index contributed by atoms with van der Waals surface area (Å²) >= 11 is 0. The second-order valence-electron chi connectivity index (χ2n) is 3.73. The molecule has 0 aromatic heterocycles. The van der Waals surface area contributed by atoms with Crippen LogP contribution < -0.4 is 10.6 Å². The Balaban J connectivity index is 2.01. The zero-order valence-corrected chi connectivity index (χ0v) is 8.03. The summed E-state index contributed by atoms with van der Waals surface area (Å²) in [7, 11) is 0. The molecule has 2 nitrogen and oxygen atoms in total. The van der Waals surface area contributed by atoms with Crippen LogP contribution in [0.15, 0.2) is 12.2 Å². The summed E-state index contributed by atoms with van der Waals surface area (Å²) in [5.41, 5.74) is 1.21. The molecule has 1 aliphatic heterocycles. The van der Waals surface area contributed by atoms with Crippen molar-refractivity contribution in [1.29, 1.82) is 0 Å². The first-order valence-electron chi connectivity index (χ1n) is 4.87. The van der Waals surface area contributed by atoms with E-state index in [0.29, 0.717) is 6.04 Å². The van der Waals surface area contributed by atoms with Crippen LogP contribution in [0.3, 0.4) is 0 Å². The Morgan fingerprint density at radius 1 is 1.58 bits per heavy atom. The molecule has 2 heteroatoms. The van der Waals surface area contributed by atoms with E-state index >= 15 is 0 Å². The van der Waals surface area contributed by atoms with E-state index in [1.807, 2.05) is 0 Å². The fraction of sp³-hybridized carbons (Fsp3) is 0.800. The lowest BCUT2D eigenvalue weighted by Crippen LogP contribution is -2.42. The summed E-state index contributed by atoms with van der Waals surface area (Å²) < 4.78 is 0. The van der Waals surface area contributed by atoms with Crippen molar-refractivity contribution in [2.75, 3.05) is 19.6 Å². The van der Waals surface area contributed by atoms with Gasteiger partial charge in [-0.2, -0.15) is 0 Å². The molecule has 0 aromatic carbocycles. The summed E-state index contributed by atoms with van der Waals surface area (Å²) in [6.07, 6.45) is 4.05. The van der Waals surface area contributed by atoms with Gasteiger partial charge in [-0.05, 0) is 26.3 Å². The molecule has 0 aliphatic carbocycles. The summed E-state index contributed by atoms with van der Waals surface area (Å²) in [4.78, 5) is 0. The molecular formula is C10H20N2. The molecule has 1 aliphatic rings. The van der Waals surface area contributed by atoms with Crippen molar-refractivity contribution in [2.45, 2.75) is 32.2 Å². The molecule has 0 spiro atoms. The van der Waals surface area contributed by atoms with E-state index in [1.54, 1.807) is 0 Å². The molecule has 1 rings (SSSR count). The summed E-state index contributed by atoms with van der Waals surface area (Å²) in [5.74, 6) is 0. The first-order chi connectivity index (χ1) is 5.79. The molecule has 0 saturated carbocycles. The highest BCUT2D eigenvalue weighted by molar-refractivity contribution is 4.91. The Labute approximate surface area is 75.4 Å². The van der Waals surface area contributed by atoms with Gasteiger partial charge in [0, 0.05) is 19.1 Å². The van der Waals surface area contributed by atoms with Gasteiger partial charge in [-0.25, -0.2) is 0 Å². The third kappa shape index (κ3) is 3.88. The van der Waals surface area contributed by atoms with Gasteiger partial charge in [0.05, 0.1) is 0 Å². The van der Waals surface area contributed by atoms with Crippen LogP contribution in [0, 0.1) is 0 Å². The van der Waals surface area contributed by atoms with Crippen LogP contribution in [0.1, 0.15) is 26.2 Å². The number of hydrogen-bond donors (Lipinski definition) is 2. The van der Waals surface area contributed by atoms with E-state index in [0.717, 1.165) is 13.1 Å². The molecule has 1 saturated heterocycles. The average molecular weight is 168 g/mol. The van der Waals surface area contributed by atoms with Gasteiger partial charge >= 0.3 is 0 Å². The van der Waals surface area contributed by atoms with Crippen molar-refractivity contribution >= 4 is 0 Å². The zero-order chi connectivity index (χ0) is 8.81. The van der Waals surface area contributed by atoms with Gasteiger partial charge in [0.1, 0.15) is 0 Å². The second-order valence-corrected chi connectivity index (χ2v) is 3.73. The molecule has 1 heterocycles. The molecule has 70 valence electrons. The lowest BCUT2D eigenvalue weighted by molar-refractivity contribution is 0.387. The molecule has 1 atom stereocenters. The third-order valence-corrected chi connectivity index (χ3v) is 2.23. The van der Waals surface area contributed by atoms with E-state index in [9.17, 15) is 0 Å². The Kier molecular flexibility index (Phi) is 4.33. The van der Waals surface area contributed by atoms with E-state index in [-0.39, 0.29) is 0 Å². The van der Waals surface area contributed by atoms with Crippen molar-refractivity contribution in [3.63, 3.8) is 0 Å². The largest absolute Gasteiger partial charge is 0.313 e. The van der Waals surface area contributed by atoms with E-state index in [2.05, 4.69) is 24.1 Å². The van der Waals surface area contributed by atoms with Crippen molar-refractivity contribution in [3.05, 3.63) is 12.2 Å². The van der Waals surface area contributed by atoms with E-state index in [4.69, 9.17) is 0 Å². The maximum absolute atomic E-state index is 3.85. The minimum Gasteiger partial charge on any atom is -0.313 e. The van der Waals surface area contributed by atoms with Gasteiger partial charge in [0.2, 0.25) is 0 Å². The van der Waals surface area contributed by atoms with Gasteiger partial charge < -0.3 is 10.6 Å². The highest BCUT2D eigenvalue weighted by Crippen LogP contribution is 2.05. The van der Waals surface area contributed by atoms with Gasteiger partial charge in [0.25, 0.3) is 0 Å². The van der Waals surface area contributed by atoms with Gasteiger partial charge in [-0.1, -0.05) is 18.6 Å². The van der Waals surface area contributed by atoms with Crippen molar-refractivity contribution < 1.29 is 0 Å². The Morgan fingerprint density at radius 3 is 3.00 bits per heavy atom. The summed E-state index contributed by atoms with van der Waals surface area (Å²) in [6, 6.07) is 0.693. The average Bonchev–Trinajstić information content (AvgIpc) is 2.05. The van der Waals surface area contributed by atoms with Gasteiger partial charge in [-0.15, -0.1) is 0 Å². The van der Waals surface area contributed by atoms with Gasteiger partial charge in [0.15, 0.2) is 0 Å². The highest BCUT2D eigenvalue weighted by Gasteiger charge is 2.10. The number of nitrogens with one attached hydrogen (secondary N) is 2. The molecule has 0 radical (unpaired) electrons. The molecule has 2 N–H and O–H groups in total. The first-order valence-corrected chi connectivity index (χ1v) is 4.87. The maximum Gasteiger partial charge on any atom is 0.0192 e. The van der Waals surface area contributed by atoms with Crippen LogP contribution in [0.5, 0.6) is 0 Å². The van der Waals surface area contributed by atoms with Crippen LogP contribution >= 0.6 is 0 Å². The smallest absolute Gasteiger partial charge is 0.0192 e. The molecule has 0 aromatic rings. The number of rotatable bonds is 4. The van der Waals surface area contributed by atoms with Crippen LogP contribution in [0.2, 0.25) is 0 Å². The molecule has 0 bridgehead atoms. The quantitative estimate of drug-likeness (QED) is 0.618. The lowest BCUT2D eigenvalue weighted by Gasteiger charge is -2.23. The maximum atomic E-state index is 3.85. The van der Waals surface area contributed by atoms with Crippen LogP contribution in [0.4, 0.5) is 0 Å². The lowest BCUT2D eigenvalue weighted by atomic mass is 10.1. The third-order valence-electron chi connectivity index (χ3n) is 2.23. The van der Waals surface area contributed by atoms with E-state index < -0.39 is 0 Å². The predicted molar refractivity (Wildman–Crippen MR) is 53.3 cm³/mol. The SMILES string of the molecule is C=C(C)CNCC1CCCCN1. The van der Waals surface area contributed by atoms with E-state index in [1.165, 1.54) is 31.4 Å². The zero-order valence-electron chi connectivity index (χ0n) is 8.03. The Bertz CT molecular complexity index is 137. The molecule has 1 unspecified atom stereocenters. The minimum absolute atomic E-state index is 0.693. The second kappa shape index (κ2) is 5.33. The first kappa shape index (κ1) is 9.75. The number of hydrogen-bond acceptors (Lipinski definition) is 2. The van der Waals surface area contributed by atoms with Crippen LogP contribution in [-0.2, 0) is 0 Å². The fourth-order valence-electron chi connectivity index (χ4n) is 1.56. The molecular weight excluding hydrogens is 148 g/mol. The fourth-order valence-corrected chi connectivity index (χ4v) is 1.56. The monoisotopic (exact) mass is 168 g/mol. The standard InChI is InChI=1S/C10H20N2/c1-9(2)7-11-8-10-5-3-4-6-12-10/h10-12H,1,3-8H2,2H3. The molecule has 12 heavy (non-hydrogen) atoms. The highest BCUT2D eigenvalue weighted by atomic mass is 15.0. The number of piperidine rings is 1. The van der Waals surface area contributed by atoms with Crippen molar-refractivity contribution in [1.82, 2.24) is 10.6 Å². The van der Waals surface area contributed by atoms with Crippen molar-refractivity contribution in [3.8, 4) is 0 Å². The molecule has 0 amide bonds. The topological polar surface area (TPSA) is 24.1 Å². The minimum atomic E-state index is 0.693. The summed E-state index contributed by atoms with van der Waals surface area (Å²) in [5, 5.41) is 6.89. The normalized spacial score (nSPS) is 23.9. The Hall–Kier alpha value is -0.340. The van der Waals surface area contributed by atoms with Crippen LogP contribution in [0.25, 0.3) is 0 Å². The Morgan fingerprint density at radius 2 is 2.42 bits per heavy atom. The van der Waals surface area contributed by atoms with Gasteiger partial charge in [-0.3, -0.25) is 0 Å². The molecule has 1 fully saturated rings.